The first-order valence-corrected chi connectivity index (χ1v) is 5.15. The summed E-state index contributed by atoms with van der Waals surface area (Å²) in [5.41, 5.74) is 0. The molecule has 0 aromatic rings. The van der Waals surface area contributed by atoms with Crippen LogP contribution in [0.5, 0.6) is 0 Å². The number of fused-ring (bicyclic) bond motifs is 4. The Bertz CT molecular complexity index is 174. The summed E-state index contributed by atoms with van der Waals surface area (Å²) >= 11 is 0. The standard InChI is InChI=1S/C10H16O2/c11-7-3-1-5-9(7)6-2-4-8(12)10(5)6/h5-12H,1-4H2. The zero-order valence-electron chi connectivity index (χ0n) is 7.19. The number of hydrogen-bond donors (Lipinski definition) is 2. The van der Waals surface area contributed by atoms with Crippen molar-refractivity contribution < 1.29 is 10.2 Å². The van der Waals surface area contributed by atoms with Gasteiger partial charge in [0, 0.05) is 0 Å². The fourth-order valence-electron chi connectivity index (χ4n) is 4.03. The Morgan fingerprint density at radius 3 is 1.50 bits per heavy atom. The summed E-state index contributed by atoms with van der Waals surface area (Å²) < 4.78 is 0. The minimum atomic E-state index is -0.0402. The summed E-state index contributed by atoms with van der Waals surface area (Å²) in [4.78, 5) is 0. The van der Waals surface area contributed by atoms with Crippen molar-refractivity contribution in [3.05, 3.63) is 0 Å². The minimum Gasteiger partial charge on any atom is -0.393 e. The van der Waals surface area contributed by atoms with Crippen LogP contribution < -0.4 is 0 Å². The molecule has 3 aliphatic carbocycles. The van der Waals surface area contributed by atoms with Crippen molar-refractivity contribution in [1.29, 1.82) is 0 Å². The quantitative estimate of drug-likeness (QED) is 0.561. The molecule has 12 heavy (non-hydrogen) atoms. The third-order valence-electron chi connectivity index (χ3n) is 4.46. The van der Waals surface area contributed by atoms with E-state index in [0.29, 0.717) is 23.7 Å². The summed E-state index contributed by atoms with van der Waals surface area (Å²) in [7, 11) is 0. The molecule has 3 fully saturated rings. The molecule has 0 bridgehead atoms. The molecule has 2 atom stereocenters. The predicted octanol–water partition coefficient (Wildman–Crippen LogP) is 0.774. The summed E-state index contributed by atoms with van der Waals surface area (Å²) in [5, 5.41) is 19.3. The third-order valence-corrected chi connectivity index (χ3v) is 4.46. The lowest BCUT2D eigenvalue weighted by Crippen LogP contribution is -2.48. The van der Waals surface area contributed by atoms with Crippen molar-refractivity contribution in [3.8, 4) is 0 Å². The maximum absolute atomic E-state index is 9.67. The van der Waals surface area contributed by atoms with Crippen molar-refractivity contribution in [3.63, 3.8) is 0 Å². The number of aliphatic hydroxyl groups is 2. The topological polar surface area (TPSA) is 40.5 Å². The van der Waals surface area contributed by atoms with Gasteiger partial charge >= 0.3 is 0 Å². The number of hydrogen-bond acceptors (Lipinski definition) is 2. The van der Waals surface area contributed by atoms with Gasteiger partial charge in [0.25, 0.3) is 0 Å². The van der Waals surface area contributed by atoms with Crippen LogP contribution in [0.4, 0.5) is 0 Å². The fourth-order valence-corrected chi connectivity index (χ4v) is 4.03. The van der Waals surface area contributed by atoms with Gasteiger partial charge in [-0.05, 0) is 49.4 Å². The highest BCUT2D eigenvalue weighted by molar-refractivity contribution is 5.09. The lowest BCUT2D eigenvalue weighted by atomic mass is 9.59. The van der Waals surface area contributed by atoms with Gasteiger partial charge in [-0.15, -0.1) is 0 Å². The highest BCUT2D eigenvalue weighted by atomic mass is 16.3. The van der Waals surface area contributed by atoms with Crippen molar-refractivity contribution in [1.82, 2.24) is 0 Å². The first kappa shape index (κ1) is 7.34. The zero-order valence-corrected chi connectivity index (χ0v) is 7.19. The molecule has 3 rings (SSSR count). The third kappa shape index (κ3) is 0.686. The maximum Gasteiger partial charge on any atom is 0.0574 e. The average molecular weight is 168 g/mol. The highest BCUT2D eigenvalue weighted by Gasteiger charge is 2.60. The van der Waals surface area contributed by atoms with Gasteiger partial charge in [0.1, 0.15) is 0 Å². The highest BCUT2D eigenvalue weighted by Crippen LogP contribution is 2.61. The van der Waals surface area contributed by atoms with Gasteiger partial charge in [0.05, 0.1) is 12.2 Å². The van der Waals surface area contributed by atoms with Crippen LogP contribution in [0.3, 0.4) is 0 Å². The molecule has 68 valence electrons. The van der Waals surface area contributed by atoms with Gasteiger partial charge in [-0.1, -0.05) is 0 Å². The fraction of sp³-hybridized carbons (Fsp3) is 1.00. The van der Waals surface area contributed by atoms with Crippen molar-refractivity contribution in [2.45, 2.75) is 37.9 Å². The molecule has 3 aliphatic rings. The molecule has 2 N–H and O–H groups in total. The second-order valence-corrected chi connectivity index (χ2v) is 4.77. The van der Waals surface area contributed by atoms with Crippen molar-refractivity contribution in [2.75, 3.05) is 0 Å². The van der Waals surface area contributed by atoms with Gasteiger partial charge in [0.15, 0.2) is 0 Å². The number of aliphatic hydroxyl groups excluding tert-OH is 2. The second-order valence-electron chi connectivity index (χ2n) is 4.77. The smallest absolute Gasteiger partial charge is 0.0574 e. The Morgan fingerprint density at radius 1 is 0.667 bits per heavy atom. The van der Waals surface area contributed by atoms with Gasteiger partial charge in [-0.3, -0.25) is 0 Å². The van der Waals surface area contributed by atoms with Crippen LogP contribution in [0, 0.1) is 23.7 Å². The molecule has 2 unspecified atom stereocenters. The maximum atomic E-state index is 9.67. The summed E-state index contributed by atoms with van der Waals surface area (Å²) in [6, 6.07) is 0. The van der Waals surface area contributed by atoms with E-state index in [0.717, 1.165) is 25.7 Å². The van der Waals surface area contributed by atoms with Gasteiger partial charge in [-0.2, -0.15) is 0 Å². The lowest BCUT2D eigenvalue weighted by Gasteiger charge is -2.47. The van der Waals surface area contributed by atoms with E-state index in [1.807, 2.05) is 0 Å². The normalized spacial score (nSPS) is 62.5. The van der Waals surface area contributed by atoms with E-state index in [1.54, 1.807) is 0 Å². The summed E-state index contributed by atoms with van der Waals surface area (Å²) in [6.45, 7) is 0. The van der Waals surface area contributed by atoms with Crippen LogP contribution in [0.1, 0.15) is 25.7 Å². The SMILES string of the molecule is OC1CCC2C1C1CCC(O)C21. The Balaban J connectivity index is 1.83. The predicted molar refractivity (Wildman–Crippen MR) is 44.4 cm³/mol. The Kier molecular flexibility index (Phi) is 1.37. The molecule has 0 saturated heterocycles. The van der Waals surface area contributed by atoms with E-state index in [-0.39, 0.29) is 12.2 Å². The van der Waals surface area contributed by atoms with E-state index in [1.165, 1.54) is 0 Å². The molecule has 0 aromatic carbocycles. The van der Waals surface area contributed by atoms with Crippen LogP contribution in [0.2, 0.25) is 0 Å². The van der Waals surface area contributed by atoms with Crippen molar-refractivity contribution in [2.24, 2.45) is 23.7 Å². The largest absolute Gasteiger partial charge is 0.393 e. The molecule has 0 aliphatic heterocycles. The lowest BCUT2D eigenvalue weighted by molar-refractivity contribution is -0.0743. The van der Waals surface area contributed by atoms with Crippen LogP contribution in [0.25, 0.3) is 0 Å². The molecule has 0 spiro atoms. The zero-order chi connectivity index (χ0) is 8.29. The van der Waals surface area contributed by atoms with Crippen molar-refractivity contribution >= 4 is 0 Å². The first-order chi connectivity index (χ1) is 5.79. The van der Waals surface area contributed by atoms with Crippen LogP contribution >= 0.6 is 0 Å². The van der Waals surface area contributed by atoms with E-state index < -0.39 is 0 Å². The Labute approximate surface area is 72.6 Å². The van der Waals surface area contributed by atoms with E-state index in [4.69, 9.17) is 0 Å². The van der Waals surface area contributed by atoms with Gasteiger partial charge in [0.2, 0.25) is 0 Å². The second kappa shape index (κ2) is 2.24. The van der Waals surface area contributed by atoms with Crippen LogP contribution in [0.15, 0.2) is 0 Å². The molecule has 3 saturated carbocycles. The minimum absolute atomic E-state index is 0.0402. The van der Waals surface area contributed by atoms with Crippen LogP contribution in [-0.4, -0.2) is 22.4 Å². The summed E-state index contributed by atoms with van der Waals surface area (Å²) in [6.07, 6.45) is 4.20. The van der Waals surface area contributed by atoms with E-state index >= 15 is 0 Å². The molecule has 0 radical (unpaired) electrons. The summed E-state index contributed by atoms with van der Waals surface area (Å²) in [5.74, 6) is 2.46. The van der Waals surface area contributed by atoms with E-state index in [9.17, 15) is 10.2 Å². The molecular weight excluding hydrogens is 152 g/mol. The molecule has 2 nitrogen and oxygen atoms in total. The van der Waals surface area contributed by atoms with E-state index in [2.05, 4.69) is 0 Å². The molecule has 0 heterocycles. The molecular formula is C10H16O2. The Hall–Kier alpha value is -0.0800. The molecule has 0 aromatic heterocycles. The van der Waals surface area contributed by atoms with Gasteiger partial charge in [-0.25, -0.2) is 0 Å². The molecule has 2 heteroatoms. The Morgan fingerprint density at radius 2 is 1.08 bits per heavy atom. The number of rotatable bonds is 0. The van der Waals surface area contributed by atoms with Gasteiger partial charge < -0.3 is 10.2 Å². The average Bonchev–Trinajstić information content (AvgIpc) is 2.41. The monoisotopic (exact) mass is 168 g/mol. The first-order valence-electron chi connectivity index (χ1n) is 5.15. The van der Waals surface area contributed by atoms with Crippen LogP contribution in [-0.2, 0) is 0 Å². The molecule has 0 amide bonds.